The lowest BCUT2D eigenvalue weighted by Gasteiger charge is -2.36. The second-order valence-electron chi connectivity index (χ2n) is 9.24. The predicted octanol–water partition coefficient (Wildman–Crippen LogP) is 5.32. The molecule has 2 aromatic carbocycles. The Hall–Kier alpha value is -3.36. The molecule has 0 saturated carbocycles. The van der Waals surface area contributed by atoms with Gasteiger partial charge in [0.25, 0.3) is 5.91 Å². The summed E-state index contributed by atoms with van der Waals surface area (Å²) in [6.45, 7) is 2.13. The molecule has 2 aliphatic heterocycles. The Kier molecular flexibility index (Phi) is 6.97. The van der Waals surface area contributed by atoms with Crippen molar-refractivity contribution in [3.8, 4) is 0 Å². The Balaban J connectivity index is 1.39. The number of hydrogen-bond donors (Lipinski definition) is 0. The Labute approximate surface area is 222 Å². The maximum atomic E-state index is 13.6. The highest BCUT2D eigenvalue weighted by molar-refractivity contribution is 8.18. The zero-order valence-corrected chi connectivity index (χ0v) is 21.2. The van der Waals surface area contributed by atoms with Crippen molar-refractivity contribution in [3.63, 3.8) is 0 Å². The summed E-state index contributed by atoms with van der Waals surface area (Å²) < 4.78 is 80.9. The first-order valence-corrected chi connectivity index (χ1v) is 12.6. The minimum Gasteiger partial charge on any atom is -0.304 e. The number of halogens is 6. The molecule has 0 N–H and O–H groups in total. The first-order valence-electron chi connectivity index (χ1n) is 11.8. The molecule has 0 bridgehead atoms. The van der Waals surface area contributed by atoms with Gasteiger partial charge in [0.05, 0.1) is 34.3 Å². The van der Waals surface area contributed by atoms with Gasteiger partial charge in [0.1, 0.15) is 0 Å². The van der Waals surface area contributed by atoms with Crippen LogP contribution in [0.2, 0.25) is 0 Å². The zero-order valence-electron chi connectivity index (χ0n) is 20.4. The topological polar surface area (TPSA) is 61.7 Å². The molecule has 2 aliphatic rings. The molecule has 2 amide bonds. The summed E-state index contributed by atoms with van der Waals surface area (Å²) in [7, 11) is 1.96. The third kappa shape index (κ3) is 5.54. The minimum atomic E-state index is -4.99. The van der Waals surface area contributed by atoms with E-state index in [0.29, 0.717) is 35.6 Å². The molecule has 206 valence electrons. The first-order chi connectivity index (χ1) is 18.3. The fourth-order valence-corrected chi connectivity index (χ4v) is 5.33. The molecule has 0 atom stereocenters. The summed E-state index contributed by atoms with van der Waals surface area (Å²) in [5.41, 5.74) is -2.09. The third-order valence-corrected chi connectivity index (χ3v) is 7.42. The van der Waals surface area contributed by atoms with E-state index in [4.69, 9.17) is 0 Å². The smallest absolute Gasteiger partial charge is 0.304 e. The molecule has 2 saturated heterocycles. The molecule has 2 fully saturated rings. The van der Waals surface area contributed by atoms with Crippen molar-refractivity contribution in [2.45, 2.75) is 18.9 Å². The molecule has 14 heteroatoms. The van der Waals surface area contributed by atoms with Crippen LogP contribution in [0.5, 0.6) is 0 Å². The zero-order chi connectivity index (χ0) is 28.1. The van der Waals surface area contributed by atoms with E-state index < -0.39 is 35.9 Å². The van der Waals surface area contributed by atoms with Gasteiger partial charge in [-0.1, -0.05) is 12.1 Å². The van der Waals surface area contributed by atoms with E-state index in [1.54, 1.807) is 29.3 Å². The number of hydrazine groups is 1. The van der Waals surface area contributed by atoms with Crippen LogP contribution in [0, 0.1) is 0 Å². The van der Waals surface area contributed by atoms with Crippen molar-refractivity contribution >= 4 is 39.9 Å². The highest BCUT2D eigenvalue weighted by atomic mass is 32.2. The third-order valence-electron chi connectivity index (χ3n) is 6.56. The first kappa shape index (κ1) is 27.2. The number of piperazine rings is 1. The second-order valence-corrected chi connectivity index (χ2v) is 10.2. The lowest BCUT2D eigenvalue weighted by atomic mass is 10.0. The number of rotatable bonds is 4. The predicted molar refractivity (Wildman–Crippen MR) is 132 cm³/mol. The fourth-order valence-electron chi connectivity index (χ4n) is 4.49. The number of amides is 2. The van der Waals surface area contributed by atoms with Crippen molar-refractivity contribution in [2.24, 2.45) is 0 Å². The molecule has 3 aromatic rings. The summed E-state index contributed by atoms with van der Waals surface area (Å²) in [6, 6.07) is 6.42. The number of benzene rings is 2. The summed E-state index contributed by atoms with van der Waals surface area (Å²) in [4.78, 5) is 27.8. The lowest BCUT2D eigenvalue weighted by molar-refractivity contribution is -0.143. The molecule has 0 aliphatic carbocycles. The Bertz CT molecular complexity index is 1470. The largest absolute Gasteiger partial charge is 0.416 e. The quantitative estimate of drug-likeness (QED) is 0.313. The van der Waals surface area contributed by atoms with Crippen molar-refractivity contribution in [1.29, 1.82) is 0 Å². The summed E-state index contributed by atoms with van der Waals surface area (Å²) in [5.74, 6) is -0.424. The lowest BCUT2D eigenvalue weighted by Crippen LogP contribution is -2.54. The standard InChI is InChI=1S/C25H21F6N5O2S/c1-33-6-8-34(9-7-33)36-22(37)21(39-23(36)38)11-15-2-5-20-17(10-15)13-32-35(20)14-16-3-4-18(24(26,27)28)12-19(16)25(29,30)31/h2-5,10-13H,6-9,14H2,1H3. The fraction of sp³-hybridized carbons (Fsp3) is 0.320. The van der Waals surface area contributed by atoms with Crippen molar-refractivity contribution in [3.05, 3.63) is 69.8 Å². The van der Waals surface area contributed by atoms with E-state index in [1.807, 2.05) is 7.05 Å². The monoisotopic (exact) mass is 569 g/mol. The van der Waals surface area contributed by atoms with Gasteiger partial charge in [0, 0.05) is 31.6 Å². The maximum Gasteiger partial charge on any atom is 0.416 e. The van der Waals surface area contributed by atoms with Crippen LogP contribution >= 0.6 is 11.8 Å². The average molecular weight is 570 g/mol. The van der Waals surface area contributed by atoms with E-state index in [0.717, 1.165) is 35.9 Å². The highest BCUT2D eigenvalue weighted by Gasteiger charge is 2.40. The van der Waals surface area contributed by atoms with Gasteiger partial charge in [0.2, 0.25) is 0 Å². The van der Waals surface area contributed by atoms with Gasteiger partial charge in [-0.2, -0.15) is 36.5 Å². The molecular formula is C25H21F6N5O2S. The van der Waals surface area contributed by atoms with E-state index in [1.165, 1.54) is 10.9 Å². The van der Waals surface area contributed by atoms with Gasteiger partial charge in [-0.15, -0.1) is 0 Å². The molecule has 39 heavy (non-hydrogen) atoms. The number of hydrogen-bond acceptors (Lipinski definition) is 6. The van der Waals surface area contributed by atoms with Crippen molar-refractivity contribution in [2.75, 3.05) is 33.2 Å². The van der Waals surface area contributed by atoms with E-state index in [9.17, 15) is 35.9 Å². The number of aromatic nitrogens is 2. The Morgan fingerprint density at radius 3 is 2.33 bits per heavy atom. The van der Waals surface area contributed by atoms with Crippen LogP contribution < -0.4 is 0 Å². The van der Waals surface area contributed by atoms with Gasteiger partial charge in [-0.3, -0.25) is 14.3 Å². The van der Waals surface area contributed by atoms with E-state index in [-0.39, 0.29) is 21.8 Å². The molecule has 0 radical (unpaired) electrons. The van der Waals surface area contributed by atoms with E-state index in [2.05, 4.69) is 10.00 Å². The van der Waals surface area contributed by atoms with Crippen LogP contribution in [0.25, 0.3) is 17.0 Å². The van der Waals surface area contributed by atoms with Crippen LogP contribution in [-0.4, -0.2) is 69.1 Å². The normalized spacial score (nSPS) is 19.2. The number of carbonyl (C=O) groups is 2. The Morgan fingerprint density at radius 1 is 0.949 bits per heavy atom. The van der Waals surface area contributed by atoms with Gasteiger partial charge in [0.15, 0.2) is 0 Å². The van der Waals surface area contributed by atoms with Crippen molar-refractivity contribution in [1.82, 2.24) is 24.7 Å². The van der Waals surface area contributed by atoms with E-state index >= 15 is 0 Å². The van der Waals surface area contributed by atoms with Gasteiger partial charge in [-0.25, -0.2) is 5.01 Å². The Morgan fingerprint density at radius 2 is 1.67 bits per heavy atom. The summed E-state index contributed by atoms with van der Waals surface area (Å²) in [6.07, 6.45) is -6.91. The maximum absolute atomic E-state index is 13.6. The number of alkyl halides is 6. The number of carbonyl (C=O) groups excluding carboxylic acids is 2. The molecule has 0 spiro atoms. The number of thioether (sulfide) groups is 1. The number of fused-ring (bicyclic) bond motifs is 1. The van der Waals surface area contributed by atoms with Crippen LogP contribution in [0.3, 0.4) is 0 Å². The number of nitrogens with zero attached hydrogens (tertiary/aromatic N) is 5. The number of imide groups is 1. The van der Waals surface area contributed by atoms with Crippen LogP contribution in [-0.2, 0) is 23.7 Å². The van der Waals surface area contributed by atoms with Gasteiger partial charge in [-0.05, 0) is 60.3 Å². The van der Waals surface area contributed by atoms with Gasteiger partial charge >= 0.3 is 17.6 Å². The number of likely N-dealkylation sites (N-methyl/N-ethyl adjacent to an activating group) is 1. The molecule has 3 heterocycles. The highest BCUT2D eigenvalue weighted by Crippen LogP contribution is 2.38. The second kappa shape index (κ2) is 9.99. The van der Waals surface area contributed by atoms with Crippen LogP contribution in [0.1, 0.15) is 22.3 Å². The average Bonchev–Trinajstić information content (AvgIpc) is 3.38. The van der Waals surface area contributed by atoms with Crippen molar-refractivity contribution < 1.29 is 35.9 Å². The summed E-state index contributed by atoms with van der Waals surface area (Å²) in [5, 5.41) is 7.16. The molecule has 7 nitrogen and oxygen atoms in total. The minimum absolute atomic E-state index is 0.105. The molecular weight excluding hydrogens is 548 g/mol. The molecule has 5 rings (SSSR count). The van der Waals surface area contributed by atoms with Gasteiger partial charge < -0.3 is 4.90 Å². The van der Waals surface area contributed by atoms with Crippen LogP contribution in [0.4, 0.5) is 31.1 Å². The summed E-state index contributed by atoms with van der Waals surface area (Å²) >= 11 is 0.826. The molecule has 0 unspecified atom stereocenters. The molecule has 1 aromatic heterocycles. The SMILES string of the molecule is CN1CCN(N2C(=O)SC(=Cc3ccc4c(cnn4Cc4ccc(C(F)(F)F)cc4C(F)(F)F)c3)C2=O)CC1. The van der Waals surface area contributed by atoms with Crippen LogP contribution in [0.15, 0.2) is 47.5 Å².